The lowest BCUT2D eigenvalue weighted by Gasteiger charge is -2.19. The first-order valence-corrected chi connectivity index (χ1v) is 10.3. The quantitative estimate of drug-likeness (QED) is 0.819. The molecule has 0 bridgehead atoms. The SMILES string of the molecule is CC(C)COc1ccc(F)c(-c2ccnc(C3CCCC(=O)N(C)CCN3)c2)c1. The number of amides is 1. The second-order valence-corrected chi connectivity index (χ2v) is 8.03. The zero-order chi connectivity index (χ0) is 20.8. The van der Waals surface area contributed by atoms with Crippen LogP contribution in [-0.2, 0) is 4.79 Å². The van der Waals surface area contributed by atoms with Crippen LogP contribution in [0.2, 0.25) is 0 Å². The fraction of sp³-hybridized carbons (Fsp3) is 0.478. The van der Waals surface area contributed by atoms with Gasteiger partial charge in [-0.25, -0.2) is 4.39 Å². The van der Waals surface area contributed by atoms with Crippen molar-refractivity contribution in [2.75, 3.05) is 26.7 Å². The summed E-state index contributed by atoms with van der Waals surface area (Å²) in [6.45, 7) is 6.11. The van der Waals surface area contributed by atoms with Gasteiger partial charge in [-0.3, -0.25) is 9.78 Å². The zero-order valence-electron chi connectivity index (χ0n) is 17.5. The molecule has 2 aromatic rings. The number of ether oxygens (including phenoxy) is 1. The smallest absolute Gasteiger partial charge is 0.222 e. The first-order valence-electron chi connectivity index (χ1n) is 10.3. The maximum Gasteiger partial charge on any atom is 0.222 e. The maximum atomic E-state index is 14.6. The van der Waals surface area contributed by atoms with Crippen molar-refractivity contribution in [3.63, 3.8) is 0 Å². The van der Waals surface area contributed by atoms with Crippen LogP contribution >= 0.6 is 0 Å². The molecule has 1 N–H and O–H groups in total. The number of carbonyl (C=O) groups is 1. The minimum atomic E-state index is -0.284. The molecule has 156 valence electrons. The number of nitrogens with one attached hydrogen (secondary N) is 1. The van der Waals surface area contributed by atoms with Gasteiger partial charge in [0.2, 0.25) is 5.91 Å². The highest BCUT2D eigenvalue weighted by Gasteiger charge is 2.19. The Bertz CT molecular complexity index is 841. The predicted molar refractivity (Wildman–Crippen MR) is 112 cm³/mol. The minimum absolute atomic E-state index is 0.0395. The maximum absolute atomic E-state index is 14.6. The van der Waals surface area contributed by atoms with Crippen LogP contribution in [0.5, 0.6) is 5.75 Å². The summed E-state index contributed by atoms with van der Waals surface area (Å²) in [7, 11) is 1.83. The number of likely N-dealkylation sites (N-methyl/N-ethyl adjacent to an activating group) is 1. The van der Waals surface area contributed by atoms with E-state index >= 15 is 0 Å². The molecule has 0 radical (unpaired) electrons. The number of aromatic nitrogens is 1. The van der Waals surface area contributed by atoms with Crippen LogP contribution in [0.3, 0.4) is 0 Å². The molecule has 5 nitrogen and oxygen atoms in total. The van der Waals surface area contributed by atoms with E-state index in [0.717, 1.165) is 24.1 Å². The van der Waals surface area contributed by atoms with E-state index in [0.29, 0.717) is 43.3 Å². The van der Waals surface area contributed by atoms with Crippen molar-refractivity contribution in [1.29, 1.82) is 0 Å². The number of hydrogen-bond donors (Lipinski definition) is 1. The Kier molecular flexibility index (Phi) is 7.20. The summed E-state index contributed by atoms with van der Waals surface area (Å²) in [4.78, 5) is 18.3. The lowest BCUT2D eigenvalue weighted by atomic mass is 10.0. The van der Waals surface area contributed by atoms with Gasteiger partial charge in [-0.05, 0) is 54.7 Å². The number of hydrogen-bond acceptors (Lipinski definition) is 4. The highest BCUT2D eigenvalue weighted by atomic mass is 19.1. The Hall–Kier alpha value is -2.47. The van der Waals surface area contributed by atoms with Gasteiger partial charge in [-0.2, -0.15) is 0 Å². The molecule has 1 aliphatic rings. The third-order valence-corrected chi connectivity index (χ3v) is 5.12. The summed E-state index contributed by atoms with van der Waals surface area (Å²) in [5.41, 5.74) is 2.15. The van der Waals surface area contributed by atoms with Crippen molar-refractivity contribution in [2.24, 2.45) is 5.92 Å². The lowest BCUT2D eigenvalue weighted by molar-refractivity contribution is -0.129. The predicted octanol–water partition coefficient (Wildman–Crippen LogP) is 4.20. The highest BCUT2D eigenvalue weighted by molar-refractivity contribution is 5.75. The molecule has 1 aliphatic heterocycles. The molecule has 0 aliphatic carbocycles. The number of halogens is 1. The van der Waals surface area contributed by atoms with Crippen molar-refractivity contribution in [2.45, 2.75) is 39.2 Å². The van der Waals surface area contributed by atoms with E-state index in [-0.39, 0.29) is 17.8 Å². The average Bonchev–Trinajstić information content (AvgIpc) is 2.79. The van der Waals surface area contributed by atoms with Gasteiger partial charge in [0.25, 0.3) is 0 Å². The zero-order valence-corrected chi connectivity index (χ0v) is 17.5. The first-order chi connectivity index (χ1) is 13.9. The first kappa shape index (κ1) is 21.2. The Balaban J connectivity index is 1.81. The van der Waals surface area contributed by atoms with Crippen molar-refractivity contribution in [1.82, 2.24) is 15.2 Å². The third-order valence-electron chi connectivity index (χ3n) is 5.12. The van der Waals surface area contributed by atoms with Crippen LogP contribution < -0.4 is 10.1 Å². The molecule has 3 rings (SSSR count). The molecule has 1 amide bonds. The van der Waals surface area contributed by atoms with Gasteiger partial charge in [0.05, 0.1) is 12.3 Å². The van der Waals surface area contributed by atoms with E-state index in [9.17, 15) is 9.18 Å². The summed E-state index contributed by atoms with van der Waals surface area (Å²) in [5, 5.41) is 3.49. The average molecular weight is 400 g/mol. The Morgan fingerprint density at radius 2 is 2.14 bits per heavy atom. The molecule has 0 saturated carbocycles. The van der Waals surface area contributed by atoms with Gasteiger partial charge in [-0.15, -0.1) is 0 Å². The van der Waals surface area contributed by atoms with E-state index < -0.39 is 0 Å². The second kappa shape index (κ2) is 9.83. The third kappa shape index (κ3) is 5.76. The fourth-order valence-electron chi connectivity index (χ4n) is 3.42. The molecule has 1 atom stereocenters. The van der Waals surface area contributed by atoms with Gasteiger partial charge < -0.3 is 15.0 Å². The van der Waals surface area contributed by atoms with Crippen LogP contribution in [-0.4, -0.2) is 42.5 Å². The van der Waals surface area contributed by atoms with Gasteiger partial charge in [0, 0.05) is 44.4 Å². The molecular weight excluding hydrogens is 369 g/mol. The summed E-state index contributed by atoms with van der Waals surface area (Å²) in [6.07, 6.45) is 3.87. The molecule has 0 spiro atoms. The molecule has 1 fully saturated rings. The molecule has 1 unspecified atom stereocenters. The number of benzene rings is 1. The van der Waals surface area contributed by atoms with Crippen LogP contribution in [0.25, 0.3) is 11.1 Å². The molecule has 2 heterocycles. The number of carbonyl (C=O) groups excluding carboxylic acids is 1. The summed E-state index contributed by atoms with van der Waals surface area (Å²) in [5.74, 6) is 0.954. The van der Waals surface area contributed by atoms with Crippen molar-refractivity contribution in [3.05, 3.63) is 48.0 Å². The van der Waals surface area contributed by atoms with Gasteiger partial charge in [-0.1, -0.05) is 13.8 Å². The molecular formula is C23H30FN3O2. The fourth-order valence-corrected chi connectivity index (χ4v) is 3.42. The summed E-state index contributed by atoms with van der Waals surface area (Å²) < 4.78 is 20.3. The Morgan fingerprint density at radius 3 is 2.93 bits per heavy atom. The molecule has 1 saturated heterocycles. The van der Waals surface area contributed by atoms with E-state index in [4.69, 9.17) is 4.74 Å². The summed E-state index contributed by atoms with van der Waals surface area (Å²) in [6, 6.07) is 8.66. The van der Waals surface area contributed by atoms with Crippen molar-refractivity contribution < 1.29 is 13.9 Å². The van der Waals surface area contributed by atoms with Crippen molar-refractivity contribution >= 4 is 5.91 Å². The molecule has 1 aromatic heterocycles. The van der Waals surface area contributed by atoms with E-state index in [1.807, 2.05) is 19.2 Å². The minimum Gasteiger partial charge on any atom is -0.493 e. The largest absolute Gasteiger partial charge is 0.493 e. The topological polar surface area (TPSA) is 54.5 Å². The van der Waals surface area contributed by atoms with Gasteiger partial charge >= 0.3 is 0 Å². The van der Waals surface area contributed by atoms with Crippen LogP contribution in [0.15, 0.2) is 36.5 Å². The number of pyridine rings is 1. The standard InChI is InChI=1S/C23H30FN3O2/c1-16(2)15-29-18-7-8-20(24)19(14-18)17-9-10-25-22(13-17)21-5-4-6-23(28)27(3)12-11-26-21/h7-10,13-14,16,21,26H,4-6,11-12,15H2,1-3H3. The van der Waals surface area contributed by atoms with Gasteiger partial charge in [0.15, 0.2) is 0 Å². The second-order valence-electron chi connectivity index (χ2n) is 8.03. The lowest BCUT2D eigenvalue weighted by Crippen LogP contribution is -2.33. The molecule has 29 heavy (non-hydrogen) atoms. The van der Waals surface area contributed by atoms with E-state index in [2.05, 4.69) is 24.1 Å². The Labute approximate surface area is 172 Å². The van der Waals surface area contributed by atoms with Crippen molar-refractivity contribution in [3.8, 4) is 16.9 Å². The van der Waals surface area contributed by atoms with E-state index in [1.54, 1.807) is 23.2 Å². The summed E-state index contributed by atoms with van der Waals surface area (Å²) >= 11 is 0. The Morgan fingerprint density at radius 1 is 1.31 bits per heavy atom. The number of rotatable bonds is 5. The number of nitrogens with zero attached hydrogens (tertiary/aromatic N) is 2. The highest BCUT2D eigenvalue weighted by Crippen LogP contribution is 2.29. The van der Waals surface area contributed by atoms with Crippen LogP contribution in [0, 0.1) is 11.7 Å². The molecule has 1 aromatic carbocycles. The monoisotopic (exact) mass is 399 g/mol. The molecule has 6 heteroatoms. The normalized spacial score (nSPS) is 18.3. The van der Waals surface area contributed by atoms with Crippen LogP contribution in [0.4, 0.5) is 4.39 Å². The van der Waals surface area contributed by atoms with E-state index in [1.165, 1.54) is 6.07 Å². The van der Waals surface area contributed by atoms with Gasteiger partial charge in [0.1, 0.15) is 11.6 Å². The van der Waals surface area contributed by atoms with Crippen LogP contribution in [0.1, 0.15) is 44.8 Å².